The molecule has 2 aromatic rings. The molecular weight excluding hydrogens is 366 g/mol. The SMILES string of the molecule is COCC(=O)N1C[C@H]2[C@@H](c3ccccc31)[C@@H](CO)N2Cc1cc(F)ccc1F. The molecule has 4 rings (SSSR count). The molecule has 0 bridgehead atoms. The van der Waals surface area contributed by atoms with Crippen LogP contribution in [0.1, 0.15) is 17.0 Å². The standard InChI is InChI=1S/C21H22F2N2O3/c1-28-12-20(27)25-10-18-21(15-4-2-3-5-17(15)25)19(11-26)24(18)9-13-8-14(22)6-7-16(13)23/h2-8,18-19,21,26H,9-12H2,1H3/t18-,19+,21+/m0/s1. The Kier molecular flexibility index (Phi) is 5.14. The van der Waals surface area contributed by atoms with Crippen LogP contribution in [-0.2, 0) is 16.1 Å². The average Bonchev–Trinajstić information content (AvgIpc) is 2.68. The number of aliphatic hydroxyl groups excluding tert-OH is 1. The van der Waals surface area contributed by atoms with E-state index in [9.17, 15) is 18.7 Å². The van der Waals surface area contributed by atoms with E-state index in [2.05, 4.69) is 0 Å². The molecule has 0 radical (unpaired) electrons. The number of ether oxygens (including phenoxy) is 1. The smallest absolute Gasteiger partial charge is 0.253 e. The molecule has 2 aliphatic rings. The van der Waals surface area contributed by atoms with E-state index in [1.54, 1.807) is 4.90 Å². The van der Waals surface area contributed by atoms with Crippen molar-refractivity contribution in [2.45, 2.75) is 24.5 Å². The maximum atomic E-state index is 14.2. The third-order valence-corrected chi connectivity index (χ3v) is 5.75. The summed E-state index contributed by atoms with van der Waals surface area (Å²) >= 11 is 0. The van der Waals surface area contributed by atoms with Crippen LogP contribution in [0.2, 0.25) is 0 Å². The molecule has 1 amide bonds. The van der Waals surface area contributed by atoms with E-state index in [4.69, 9.17) is 4.74 Å². The summed E-state index contributed by atoms with van der Waals surface area (Å²) in [4.78, 5) is 16.2. The topological polar surface area (TPSA) is 53.0 Å². The number of amides is 1. The number of halogens is 2. The molecule has 28 heavy (non-hydrogen) atoms. The largest absolute Gasteiger partial charge is 0.395 e. The van der Waals surface area contributed by atoms with Gasteiger partial charge in [-0.1, -0.05) is 18.2 Å². The zero-order valence-electron chi connectivity index (χ0n) is 15.5. The molecule has 0 spiro atoms. The van der Waals surface area contributed by atoms with E-state index in [0.717, 1.165) is 23.4 Å². The minimum absolute atomic E-state index is 0.0319. The van der Waals surface area contributed by atoms with Crippen LogP contribution in [-0.4, -0.2) is 54.9 Å². The Balaban J connectivity index is 1.66. The van der Waals surface area contributed by atoms with Gasteiger partial charge in [-0.3, -0.25) is 9.69 Å². The second-order valence-electron chi connectivity index (χ2n) is 7.25. The number of fused-ring (bicyclic) bond motifs is 3. The maximum Gasteiger partial charge on any atom is 0.253 e. The molecule has 1 saturated heterocycles. The van der Waals surface area contributed by atoms with Gasteiger partial charge in [0.1, 0.15) is 18.2 Å². The summed E-state index contributed by atoms with van der Waals surface area (Å²) in [6, 6.07) is 10.7. The molecule has 2 aromatic carbocycles. The zero-order chi connectivity index (χ0) is 19.8. The van der Waals surface area contributed by atoms with E-state index >= 15 is 0 Å². The third-order valence-electron chi connectivity index (χ3n) is 5.75. The van der Waals surface area contributed by atoms with Crippen LogP contribution in [0.4, 0.5) is 14.5 Å². The van der Waals surface area contributed by atoms with Crippen LogP contribution < -0.4 is 4.90 Å². The van der Waals surface area contributed by atoms with Crippen LogP contribution in [0.5, 0.6) is 0 Å². The predicted octanol–water partition coefficient (Wildman–Crippen LogP) is 2.29. The number of carbonyl (C=O) groups excluding carboxylic acids is 1. The van der Waals surface area contributed by atoms with Crippen molar-refractivity contribution in [2.24, 2.45) is 0 Å². The average molecular weight is 388 g/mol. The highest BCUT2D eigenvalue weighted by Gasteiger charge is 2.53. The van der Waals surface area contributed by atoms with Gasteiger partial charge in [0.25, 0.3) is 5.91 Å². The summed E-state index contributed by atoms with van der Waals surface area (Å²) in [6.07, 6.45) is 0. The van der Waals surface area contributed by atoms with Crippen molar-refractivity contribution in [3.8, 4) is 0 Å². The normalized spacial score (nSPS) is 23.7. The molecule has 0 aliphatic carbocycles. The number of hydrogen-bond acceptors (Lipinski definition) is 4. The Hall–Kier alpha value is -2.35. The van der Waals surface area contributed by atoms with Gasteiger partial charge >= 0.3 is 0 Å². The quantitative estimate of drug-likeness (QED) is 0.854. The molecule has 148 valence electrons. The highest BCUT2D eigenvalue weighted by Crippen LogP contribution is 2.48. The van der Waals surface area contributed by atoms with Crippen LogP contribution >= 0.6 is 0 Å². The highest BCUT2D eigenvalue weighted by atomic mass is 19.1. The number of para-hydroxylation sites is 1. The van der Waals surface area contributed by atoms with E-state index in [-0.39, 0.29) is 49.2 Å². The molecule has 7 heteroatoms. The lowest BCUT2D eigenvalue weighted by Crippen LogP contribution is -2.69. The first kappa shape index (κ1) is 19.0. The van der Waals surface area contributed by atoms with Crippen LogP contribution in [0.15, 0.2) is 42.5 Å². The molecule has 0 saturated carbocycles. The van der Waals surface area contributed by atoms with Gasteiger partial charge in [0.05, 0.1) is 6.61 Å². The monoisotopic (exact) mass is 388 g/mol. The molecule has 0 aromatic heterocycles. The van der Waals surface area contributed by atoms with Gasteiger partial charge in [0.15, 0.2) is 0 Å². The van der Waals surface area contributed by atoms with Gasteiger partial charge < -0.3 is 14.7 Å². The fourth-order valence-electron chi connectivity index (χ4n) is 4.50. The number of carbonyl (C=O) groups is 1. The number of likely N-dealkylation sites (tertiary alicyclic amines) is 1. The lowest BCUT2D eigenvalue weighted by Gasteiger charge is -2.59. The van der Waals surface area contributed by atoms with E-state index in [1.165, 1.54) is 13.2 Å². The van der Waals surface area contributed by atoms with Crippen LogP contribution in [0.3, 0.4) is 0 Å². The molecule has 1 fully saturated rings. The summed E-state index contributed by atoms with van der Waals surface area (Å²) in [6.45, 7) is 0.452. The lowest BCUT2D eigenvalue weighted by atomic mass is 9.71. The van der Waals surface area contributed by atoms with Crippen molar-refractivity contribution in [1.29, 1.82) is 0 Å². The number of benzene rings is 2. The summed E-state index contributed by atoms with van der Waals surface area (Å²) in [5, 5.41) is 9.97. The van der Waals surface area contributed by atoms with E-state index in [0.29, 0.717) is 6.54 Å². The second kappa shape index (κ2) is 7.58. The Morgan fingerprint density at radius 3 is 2.79 bits per heavy atom. The third kappa shape index (κ3) is 3.09. The van der Waals surface area contributed by atoms with Crippen LogP contribution in [0.25, 0.3) is 0 Å². The second-order valence-corrected chi connectivity index (χ2v) is 7.25. The van der Waals surface area contributed by atoms with Gasteiger partial charge in [-0.05, 0) is 29.8 Å². The van der Waals surface area contributed by atoms with Crippen LogP contribution in [0, 0.1) is 11.6 Å². The van der Waals surface area contributed by atoms with Crippen molar-refractivity contribution >= 4 is 11.6 Å². The number of rotatable bonds is 5. The number of aliphatic hydroxyl groups is 1. The van der Waals surface area contributed by atoms with Crippen molar-refractivity contribution in [3.05, 3.63) is 65.2 Å². The van der Waals surface area contributed by atoms with E-state index < -0.39 is 11.6 Å². The lowest BCUT2D eigenvalue weighted by molar-refractivity contribution is -0.123. The first-order chi connectivity index (χ1) is 13.5. The fourth-order valence-corrected chi connectivity index (χ4v) is 4.50. The Bertz CT molecular complexity index is 892. The van der Waals surface area contributed by atoms with Crippen molar-refractivity contribution in [2.75, 3.05) is 31.8 Å². The first-order valence-electron chi connectivity index (χ1n) is 9.24. The van der Waals surface area contributed by atoms with Crippen molar-refractivity contribution < 1.29 is 23.4 Å². The van der Waals surface area contributed by atoms with Gasteiger partial charge in [0.2, 0.25) is 0 Å². The minimum atomic E-state index is -0.500. The number of methoxy groups -OCH3 is 1. The number of anilines is 1. The minimum Gasteiger partial charge on any atom is -0.395 e. The molecule has 2 heterocycles. The summed E-state index contributed by atoms with van der Waals surface area (Å²) in [7, 11) is 1.47. The highest BCUT2D eigenvalue weighted by molar-refractivity contribution is 5.96. The molecular formula is C21H22F2N2O3. The molecule has 0 unspecified atom stereocenters. The molecule has 2 aliphatic heterocycles. The van der Waals surface area contributed by atoms with Gasteiger partial charge in [-0.2, -0.15) is 0 Å². The summed E-state index contributed by atoms with van der Waals surface area (Å²) in [5.41, 5.74) is 2.05. The Morgan fingerprint density at radius 2 is 2.04 bits per heavy atom. The van der Waals surface area contributed by atoms with E-state index in [1.807, 2.05) is 29.2 Å². The van der Waals surface area contributed by atoms with Crippen molar-refractivity contribution in [1.82, 2.24) is 4.90 Å². The predicted molar refractivity (Wildman–Crippen MR) is 100.0 cm³/mol. The Labute approximate surface area is 162 Å². The fraction of sp³-hybridized carbons (Fsp3) is 0.381. The zero-order valence-corrected chi connectivity index (χ0v) is 15.5. The van der Waals surface area contributed by atoms with Gasteiger partial charge in [-0.25, -0.2) is 8.78 Å². The first-order valence-corrected chi connectivity index (χ1v) is 9.24. The molecule has 5 nitrogen and oxygen atoms in total. The van der Waals surface area contributed by atoms with Gasteiger partial charge in [-0.15, -0.1) is 0 Å². The number of nitrogens with zero attached hydrogens (tertiary/aromatic N) is 2. The summed E-state index contributed by atoms with van der Waals surface area (Å²) < 4.78 is 32.7. The summed E-state index contributed by atoms with van der Waals surface area (Å²) in [5.74, 6) is -1.10. The molecule has 3 atom stereocenters. The van der Waals surface area contributed by atoms with Crippen molar-refractivity contribution in [3.63, 3.8) is 0 Å². The van der Waals surface area contributed by atoms with Gasteiger partial charge in [0, 0.05) is 49.5 Å². The Morgan fingerprint density at radius 1 is 1.25 bits per heavy atom. The number of hydrogen-bond donors (Lipinski definition) is 1. The maximum absolute atomic E-state index is 14.2. The molecule has 1 N–H and O–H groups in total.